The quantitative estimate of drug-likeness (QED) is 0.101. The number of benzene rings is 3. The molecule has 0 bridgehead atoms. The van der Waals surface area contributed by atoms with Crippen molar-refractivity contribution in [2.75, 3.05) is 52.0 Å². The number of aromatic nitrogens is 1. The smallest absolute Gasteiger partial charge is 0.323 e. The number of carbonyl (C=O) groups is 3. The van der Waals surface area contributed by atoms with Crippen LogP contribution in [0.4, 0.5) is 20.6 Å². The predicted octanol–water partition coefficient (Wildman–Crippen LogP) is 6.34. The Kier molecular flexibility index (Phi) is 9.66. The van der Waals surface area contributed by atoms with Crippen molar-refractivity contribution in [2.24, 2.45) is 0 Å². The van der Waals surface area contributed by atoms with E-state index in [1.165, 1.54) is 25.3 Å². The van der Waals surface area contributed by atoms with Gasteiger partial charge in [0.15, 0.2) is 11.6 Å². The van der Waals surface area contributed by atoms with E-state index >= 15 is 4.39 Å². The number of H-pyrrole nitrogens is 1. The minimum Gasteiger partial charge on any atom is -0.497 e. The molecule has 0 spiro atoms. The van der Waals surface area contributed by atoms with Gasteiger partial charge in [0, 0.05) is 77.1 Å². The predicted molar refractivity (Wildman–Crippen MR) is 196 cm³/mol. The van der Waals surface area contributed by atoms with E-state index in [2.05, 4.69) is 25.8 Å². The molecule has 1 unspecified atom stereocenters. The molecule has 5 N–H and O–H groups in total. The number of hydrogen-bond acceptors (Lipinski definition) is 8. The minimum atomic E-state index is -0.555. The van der Waals surface area contributed by atoms with Gasteiger partial charge in [0.1, 0.15) is 11.5 Å². The van der Waals surface area contributed by atoms with Crippen LogP contribution in [0.1, 0.15) is 52.2 Å². The number of nitrogens with zero attached hydrogens (tertiary/aromatic N) is 2. The van der Waals surface area contributed by atoms with E-state index in [-0.39, 0.29) is 34.2 Å². The Balaban J connectivity index is 1.21. The lowest BCUT2D eigenvalue weighted by molar-refractivity contribution is 0.0783. The van der Waals surface area contributed by atoms with Crippen LogP contribution in [0, 0.1) is 11.2 Å². The first kappa shape index (κ1) is 34.9. The number of ketones is 1. The van der Waals surface area contributed by atoms with Crippen LogP contribution in [-0.4, -0.2) is 85.6 Å². The normalized spacial score (nSPS) is 16.6. The second-order valence-electron chi connectivity index (χ2n) is 12.8. The van der Waals surface area contributed by atoms with Crippen molar-refractivity contribution in [2.45, 2.75) is 26.3 Å². The first-order valence-electron chi connectivity index (χ1n) is 16.4. The van der Waals surface area contributed by atoms with Crippen LogP contribution in [0.5, 0.6) is 11.5 Å². The zero-order chi connectivity index (χ0) is 36.6. The molecule has 1 aromatic heterocycles. The van der Waals surface area contributed by atoms with Gasteiger partial charge in [-0.1, -0.05) is 0 Å². The molecular weight excluding hydrogens is 653 g/mol. The summed E-state index contributed by atoms with van der Waals surface area (Å²) in [5, 5.41) is 17.5. The van der Waals surface area contributed by atoms with Crippen molar-refractivity contribution >= 4 is 57.4 Å². The van der Waals surface area contributed by atoms with Crippen molar-refractivity contribution in [1.82, 2.24) is 20.1 Å². The number of amides is 3. The molecule has 3 aromatic carbocycles. The summed E-state index contributed by atoms with van der Waals surface area (Å²) in [4.78, 5) is 46.6. The third-order valence-corrected chi connectivity index (χ3v) is 9.26. The molecular formula is C38H40FN7O5. The van der Waals surface area contributed by atoms with Crippen LogP contribution < -0.4 is 25.4 Å². The maximum Gasteiger partial charge on any atom is 0.323 e. The van der Waals surface area contributed by atoms with Crippen LogP contribution in [0.15, 0.2) is 66.1 Å². The summed E-state index contributed by atoms with van der Waals surface area (Å²) < 4.78 is 26.5. The molecule has 1 atom stereocenters. The number of urea groups is 1. The van der Waals surface area contributed by atoms with E-state index in [1.807, 2.05) is 19.0 Å². The highest BCUT2D eigenvalue weighted by Crippen LogP contribution is 2.38. The topological polar surface area (TPSA) is 152 Å². The van der Waals surface area contributed by atoms with E-state index in [1.54, 1.807) is 63.4 Å². The van der Waals surface area contributed by atoms with Gasteiger partial charge in [-0.25, -0.2) is 9.18 Å². The van der Waals surface area contributed by atoms with Gasteiger partial charge in [0.25, 0.3) is 5.91 Å². The van der Waals surface area contributed by atoms with Gasteiger partial charge >= 0.3 is 6.03 Å². The third kappa shape index (κ3) is 6.93. The Morgan fingerprint density at radius 1 is 1.08 bits per heavy atom. The average Bonchev–Trinajstić information content (AvgIpc) is 3.82. The zero-order valence-corrected chi connectivity index (χ0v) is 29.3. The average molecular weight is 694 g/mol. The number of anilines is 2. The van der Waals surface area contributed by atoms with Crippen LogP contribution in [-0.2, 0) is 0 Å². The fourth-order valence-electron chi connectivity index (χ4n) is 6.41. The molecule has 0 radical (unpaired) electrons. The van der Waals surface area contributed by atoms with Crippen molar-refractivity contribution < 1.29 is 28.2 Å². The lowest BCUT2D eigenvalue weighted by atomic mass is 9.99. The van der Waals surface area contributed by atoms with E-state index in [0.717, 1.165) is 6.42 Å². The highest BCUT2D eigenvalue weighted by Gasteiger charge is 2.30. The molecule has 2 aliphatic rings. The number of likely N-dealkylation sites (tertiary alicyclic amines) is 1. The monoisotopic (exact) mass is 693 g/mol. The Labute approximate surface area is 294 Å². The second kappa shape index (κ2) is 14.1. The van der Waals surface area contributed by atoms with Gasteiger partial charge in [-0.2, -0.15) is 0 Å². The Hall–Kier alpha value is -5.95. The third-order valence-electron chi connectivity index (χ3n) is 9.26. The number of ether oxygens (including phenoxy) is 2. The van der Waals surface area contributed by atoms with E-state index in [9.17, 15) is 14.4 Å². The van der Waals surface area contributed by atoms with Crippen LogP contribution in [0.2, 0.25) is 0 Å². The molecule has 2 aliphatic heterocycles. The highest BCUT2D eigenvalue weighted by atomic mass is 19.1. The molecule has 1 saturated heterocycles. The first-order valence-corrected chi connectivity index (χ1v) is 16.4. The summed E-state index contributed by atoms with van der Waals surface area (Å²) >= 11 is 0. The lowest BCUT2D eigenvalue weighted by Crippen LogP contribution is -2.34. The summed E-state index contributed by atoms with van der Waals surface area (Å²) in [6.45, 7) is 4.81. The lowest BCUT2D eigenvalue weighted by Gasteiger charge is -2.20. The number of fused-ring (bicyclic) bond motifs is 2. The number of rotatable bonds is 9. The molecule has 0 saturated carbocycles. The standard InChI is InChI=1S/C38H40FN7O5/c1-20(40)33(21(2)41-3)35-28(27-16-26(50-6)17-30(39)34(27)44-35)18-32-36(47)29-15-24(11-12-31(29)51-32)43-38(49)42-23-9-7-22(8-10-23)37(48)46-14-13-25(19-46)45(4)5/h7-12,15-18,25,40-41,44H,13-14,19H2,1-6H3,(H2,42,43,49). The SMILES string of the molecule is CNC(C)=C(C(C)=N)c1[nH]c2c(F)cc(OC)cc2c1C=C1Oc2ccc(NC(=O)Nc3ccc(C(=O)N4CCC(N(C)C)C4)cc3)cc2C1=O. The molecule has 1 fully saturated rings. The Morgan fingerprint density at radius 3 is 2.43 bits per heavy atom. The summed E-state index contributed by atoms with van der Waals surface area (Å²) in [5.41, 5.74) is 4.08. The highest BCUT2D eigenvalue weighted by molar-refractivity contribution is 6.24. The van der Waals surface area contributed by atoms with Gasteiger partial charge in [0.05, 0.1) is 23.9 Å². The molecule has 4 aromatic rings. The van der Waals surface area contributed by atoms with Crippen LogP contribution >= 0.6 is 0 Å². The van der Waals surface area contributed by atoms with E-state index in [0.29, 0.717) is 69.7 Å². The number of Topliss-reactive ketones (excluding diaryl/α,β-unsaturated/α-hetero) is 1. The second-order valence-corrected chi connectivity index (χ2v) is 12.8. The number of aromatic amines is 1. The zero-order valence-electron chi connectivity index (χ0n) is 29.3. The number of carbonyl (C=O) groups excluding carboxylic acids is 3. The fraction of sp³-hybridized carbons (Fsp3) is 0.263. The number of allylic oxidation sites excluding steroid dienone is 3. The van der Waals surface area contributed by atoms with Crippen LogP contribution in [0.3, 0.4) is 0 Å². The van der Waals surface area contributed by atoms with Crippen LogP contribution in [0.25, 0.3) is 22.6 Å². The fourth-order valence-corrected chi connectivity index (χ4v) is 6.41. The Bertz CT molecular complexity index is 2130. The van der Waals surface area contributed by atoms with Gasteiger partial charge < -0.3 is 45.6 Å². The van der Waals surface area contributed by atoms with E-state index < -0.39 is 17.6 Å². The Morgan fingerprint density at radius 2 is 1.78 bits per heavy atom. The number of methoxy groups -OCH3 is 1. The van der Waals surface area contributed by atoms with Crippen molar-refractivity contribution in [3.05, 3.63) is 94.3 Å². The number of hydrogen-bond donors (Lipinski definition) is 5. The number of halogens is 1. The van der Waals surface area contributed by atoms with Gasteiger partial charge in [-0.05, 0) is 89.0 Å². The number of likely N-dealkylation sites (N-methyl/N-ethyl adjacent to an activating group) is 1. The molecule has 51 heavy (non-hydrogen) atoms. The van der Waals surface area contributed by atoms with Crippen molar-refractivity contribution in [3.8, 4) is 11.5 Å². The van der Waals surface area contributed by atoms with E-state index in [4.69, 9.17) is 14.9 Å². The molecule has 6 rings (SSSR count). The molecule has 3 amide bonds. The molecule has 12 nitrogen and oxygen atoms in total. The van der Waals surface area contributed by atoms with Gasteiger partial charge in [0.2, 0.25) is 5.78 Å². The maximum atomic E-state index is 15.2. The molecule has 3 heterocycles. The summed E-state index contributed by atoms with van der Waals surface area (Å²) in [6, 6.07) is 14.1. The van der Waals surface area contributed by atoms with Crippen molar-refractivity contribution in [1.29, 1.82) is 5.41 Å². The van der Waals surface area contributed by atoms with Gasteiger partial charge in [-0.3, -0.25) is 9.59 Å². The maximum absolute atomic E-state index is 15.2. The summed E-state index contributed by atoms with van der Waals surface area (Å²) in [7, 11) is 7.19. The number of nitrogens with one attached hydrogen (secondary N) is 5. The summed E-state index contributed by atoms with van der Waals surface area (Å²) in [5.74, 6) is -0.468. The first-order chi connectivity index (χ1) is 24.4. The molecule has 0 aliphatic carbocycles. The van der Waals surface area contributed by atoms with Crippen molar-refractivity contribution in [3.63, 3.8) is 0 Å². The molecule has 264 valence electrons. The molecule has 13 heteroatoms. The minimum absolute atomic E-state index is 0.0122. The summed E-state index contributed by atoms with van der Waals surface area (Å²) in [6.07, 6.45) is 2.46. The largest absolute Gasteiger partial charge is 0.497 e. The van der Waals surface area contributed by atoms with Gasteiger partial charge in [-0.15, -0.1) is 0 Å².